The van der Waals surface area contributed by atoms with Crippen molar-refractivity contribution >= 4 is 18.9 Å². The number of benzene rings is 1. The summed E-state index contributed by atoms with van der Waals surface area (Å²) in [5.41, 5.74) is 1.08. The highest BCUT2D eigenvalue weighted by molar-refractivity contribution is 6.78. The largest absolute Gasteiger partial charge is 0.412 e. The molecular weight excluding hydrogens is 143 g/mol. The zero-order valence-electron chi connectivity index (χ0n) is 6.08. The SMILES string of the molecule is O.O.O=CBc1ccccc1. The Balaban J connectivity index is 0. The average Bonchev–Trinajstić information content (AvgIpc) is 1.91. The van der Waals surface area contributed by atoms with Crippen LogP contribution in [0.5, 0.6) is 0 Å². The van der Waals surface area contributed by atoms with Crippen LogP contribution in [0.25, 0.3) is 0 Å². The van der Waals surface area contributed by atoms with Gasteiger partial charge in [0.15, 0.2) is 0 Å². The summed E-state index contributed by atoms with van der Waals surface area (Å²) in [7, 11) is 0.529. The lowest BCUT2D eigenvalue weighted by atomic mass is 9.73. The smallest absolute Gasteiger partial charge is 0.234 e. The summed E-state index contributed by atoms with van der Waals surface area (Å²) < 4.78 is 0. The highest BCUT2D eigenvalue weighted by Crippen LogP contribution is 1.78. The lowest BCUT2D eigenvalue weighted by Gasteiger charge is -1.87. The molecule has 0 unspecified atom stereocenters. The monoisotopic (exact) mass is 154 g/mol. The van der Waals surface area contributed by atoms with E-state index < -0.39 is 0 Å². The Hall–Kier alpha value is -1.13. The standard InChI is InChI=1S/C7H7BO.2H2O/c9-6-8-7-4-2-1-3-5-7;;/h1-6,8H;2*1H2. The van der Waals surface area contributed by atoms with E-state index in [1.165, 1.54) is 0 Å². The molecule has 4 heteroatoms. The highest BCUT2D eigenvalue weighted by Gasteiger charge is 1.88. The van der Waals surface area contributed by atoms with Gasteiger partial charge in [0, 0.05) is 0 Å². The summed E-state index contributed by atoms with van der Waals surface area (Å²) >= 11 is 0. The first-order valence-electron chi connectivity index (χ1n) is 2.91. The Bertz CT molecular complexity index is 188. The summed E-state index contributed by atoms with van der Waals surface area (Å²) in [5, 5.41) is 0. The van der Waals surface area contributed by atoms with E-state index in [9.17, 15) is 4.79 Å². The first kappa shape index (κ1) is 12.5. The molecule has 1 aromatic rings. The number of hydrogen-bond donors (Lipinski definition) is 0. The van der Waals surface area contributed by atoms with Crippen LogP contribution in [0.4, 0.5) is 0 Å². The Kier molecular flexibility index (Phi) is 7.97. The molecule has 0 aliphatic rings. The Morgan fingerprint density at radius 1 is 1.09 bits per heavy atom. The van der Waals surface area contributed by atoms with Crippen LogP contribution in [0.3, 0.4) is 0 Å². The molecule has 0 aliphatic carbocycles. The van der Waals surface area contributed by atoms with Crippen molar-refractivity contribution in [2.75, 3.05) is 0 Å². The van der Waals surface area contributed by atoms with E-state index in [4.69, 9.17) is 0 Å². The molecule has 11 heavy (non-hydrogen) atoms. The van der Waals surface area contributed by atoms with E-state index >= 15 is 0 Å². The molecule has 0 aromatic heterocycles. The molecule has 0 radical (unpaired) electrons. The first-order chi connectivity index (χ1) is 4.43. The van der Waals surface area contributed by atoms with Gasteiger partial charge in [0.1, 0.15) is 0 Å². The third-order valence-electron chi connectivity index (χ3n) is 1.16. The maximum Gasteiger partial charge on any atom is 0.234 e. The second kappa shape index (κ2) is 6.99. The van der Waals surface area contributed by atoms with Crippen molar-refractivity contribution < 1.29 is 15.7 Å². The van der Waals surface area contributed by atoms with Crippen LogP contribution in [-0.2, 0) is 4.79 Å². The minimum absolute atomic E-state index is 0. The molecule has 0 bridgehead atoms. The topological polar surface area (TPSA) is 80.1 Å². The van der Waals surface area contributed by atoms with Crippen molar-refractivity contribution in [2.45, 2.75) is 0 Å². The lowest BCUT2D eigenvalue weighted by molar-refractivity contribution is 0.568. The Morgan fingerprint density at radius 3 is 2.09 bits per heavy atom. The van der Waals surface area contributed by atoms with Crippen molar-refractivity contribution in [2.24, 2.45) is 0 Å². The fourth-order valence-electron chi connectivity index (χ4n) is 0.710. The summed E-state index contributed by atoms with van der Waals surface area (Å²) in [6.45, 7) is 0. The van der Waals surface area contributed by atoms with Crippen molar-refractivity contribution in [3.8, 4) is 0 Å². The van der Waals surface area contributed by atoms with Gasteiger partial charge in [-0.1, -0.05) is 35.8 Å². The highest BCUT2D eigenvalue weighted by atomic mass is 16.1. The maximum absolute atomic E-state index is 9.97. The van der Waals surface area contributed by atoms with Gasteiger partial charge in [-0.25, -0.2) is 0 Å². The van der Waals surface area contributed by atoms with Crippen LogP contribution in [0.15, 0.2) is 30.3 Å². The summed E-state index contributed by atoms with van der Waals surface area (Å²) in [4.78, 5) is 9.97. The van der Waals surface area contributed by atoms with E-state index in [2.05, 4.69) is 0 Å². The van der Waals surface area contributed by atoms with Gasteiger partial charge >= 0.3 is 0 Å². The Morgan fingerprint density at radius 2 is 1.64 bits per heavy atom. The molecule has 60 valence electrons. The molecule has 1 aromatic carbocycles. The third-order valence-corrected chi connectivity index (χ3v) is 1.16. The first-order valence-corrected chi connectivity index (χ1v) is 2.91. The van der Waals surface area contributed by atoms with E-state index in [-0.39, 0.29) is 11.0 Å². The molecule has 0 spiro atoms. The van der Waals surface area contributed by atoms with Crippen LogP contribution in [-0.4, -0.2) is 24.4 Å². The van der Waals surface area contributed by atoms with Gasteiger partial charge in [-0.05, 0) is 0 Å². The van der Waals surface area contributed by atoms with Crippen molar-refractivity contribution in [3.05, 3.63) is 30.3 Å². The summed E-state index contributed by atoms with van der Waals surface area (Å²) in [6, 6.07) is 9.68. The predicted octanol–water partition coefficient (Wildman–Crippen LogP) is -1.71. The normalized spacial score (nSPS) is 6.91. The fourth-order valence-corrected chi connectivity index (χ4v) is 0.710. The molecule has 4 N–H and O–H groups in total. The zero-order chi connectivity index (χ0) is 6.53. The second-order valence-corrected chi connectivity index (χ2v) is 1.86. The predicted molar refractivity (Wildman–Crippen MR) is 47.2 cm³/mol. The summed E-state index contributed by atoms with van der Waals surface area (Å²) in [5.74, 6) is 0. The van der Waals surface area contributed by atoms with E-state index in [0.29, 0.717) is 7.28 Å². The average molecular weight is 154 g/mol. The quantitative estimate of drug-likeness (QED) is 0.368. The third kappa shape index (κ3) is 4.30. The van der Waals surface area contributed by atoms with Crippen LogP contribution in [0.2, 0.25) is 0 Å². The second-order valence-electron chi connectivity index (χ2n) is 1.86. The number of carbonyl (C=O) groups excluding carboxylic acids is 1. The van der Waals surface area contributed by atoms with E-state index in [0.717, 1.165) is 11.6 Å². The van der Waals surface area contributed by atoms with Crippen molar-refractivity contribution in [1.29, 1.82) is 0 Å². The molecule has 3 nitrogen and oxygen atoms in total. The number of rotatable bonds is 2. The van der Waals surface area contributed by atoms with E-state index in [1.807, 2.05) is 30.3 Å². The van der Waals surface area contributed by atoms with Crippen molar-refractivity contribution in [1.82, 2.24) is 0 Å². The van der Waals surface area contributed by atoms with Crippen LogP contribution >= 0.6 is 0 Å². The molecule has 0 atom stereocenters. The van der Waals surface area contributed by atoms with Gasteiger partial charge in [0.25, 0.3) is 0 Å². The molecule has 0 aliphatic heterocycles. The van der Waals surface area contributed by atoms with Crippen LogP contribution in [0.1, 0.15) is 0 Å². The number of hydrogen-bond acceptors (Lipinski definition) is 1. The van der Waals surface area contributed by atoms with Gasteiger partial charge in [-0.3, -0.25) is 0 Å². The van der Waals surface area contributed by atoms with Crippen molar-refractivity contribution in [3.63, 3.8) is 0 Å². The van der Waals surface area contributed by atoms with E-state index in [1.54, 1.807) is 0 Å². The minimum atomic E-state index is 0. The number of carbonyl (C=O) groups is 1. The molecule has 0 heterocycles. The molecule has 1 rings (SSSR count). The zero-order valence-corrected chi connectivity index (χ0v) is 6.08. The molecule has 0 fully saturated rings. The van der Waals surface area contributed by atoms with Gasteiger partial charge in [0.05, 0.1) is 6.19 Å². The van der Waals surface area contributed by atoms with Gasteiger partial charge in [-0.15, -0.1) is 0 Å². The van der Waals surface area contributed by atoms with Gasteiger partial charge < -0.3 is 15.7 Å². The molecule has 0 amide bonds. The van der Waals surface area contributed by atoms with Gasteiger partial charge in [0.2, 0.25) is 7.28 Å². The molecular formula is C7H11BO3. The molecule has 0 saturated carbocycles. The fraction of sp³-hybridized carbons (Fsp3) is 0. The Labute approximate surface area is 65.9 Å². The summed E-state index contributed by atoms with van der Waals surface area (Å²) in [6.07, 6.45) is 0.912. The lowest BCUT2D eigenvalue weighted by Crippen LogP contribution is -2.13. The minimum Gasteiger partial charge on any atom is -0.412 e. The molecule has 0 saturated heterocycles. The maximum atomic E-state index is 9.97. The van der Waals surface area contributed by atoms with Crippen LogP contribution in [0, 0.1) is 0 Å². The van der Waals surface area contributed by atoms with Gasteiger partial charge in [-0.2, -0.15) is 0 Å². The van der Waals surface area contributed by atoms with Crippen LogP contribution < -0.4 is 5.46 Å².